The summed E-state index contributed by atoms with van der Waals surface area (Å²) in [5.74, 6) is 0.0370. The number of unbranched alkanes of at least 4 members (excludes halogenated alkanes) is 2. The molecular weight excluding hydrogens is 154 g/mol. The minimum atomic E-state index is 0.0370. The smallest absolute Gasteiger partial charge is 0.241 e. The Bertz CT molecular complexity index is 115. The summed E-state index contributed by atoms with van der Waals surface area (Å²) in [5.41, 5.74) is 0. The number of nitrogens with zero attached hydrogens (tertiary/aromatic N) is 1. The Hall–Kier alpha value is -0.570. The van der Waals surface area contributed by atoms with Crippen LogP contribution in [0.2, 0.25) is 0 Å². The topological polar surface area (TPSA) is 40.4 Å². The number of amides is 1. The van der Waals surface area contributed by atoms with Crippen LogP contribution in [0.5, 0.6) is 0 Å². The first-order valence-corrected chi connectivity index (χ1v) is 4.50. The highest BCUT2D eigenvalue weighted by molar-refractivity contribution is 5.75. The van der Waals surface area contributed by atoms with E-state index in [0.29, 0.717) is 13.0 Å². The summed E-state index contributed by atoms with van der Waals surface area (Å²) < 4.78 is 4.89. The van der Waals surface area contributed by atoms with Crippen LogP contribution in [0.1, 0.15) is 32.6 Å². The molecule has 1 radical (unpaired) electrons. The van der Waals surface area contributed by atoms with Gasteiger partial charge in [-0.25, -0.2) is 0 Å². The molecule has 0 aromatic rings. The molecule has 3 nitrogen and oxygen atoms in total. The maximum absolute atomic E-state index is 10.9. The summed E-state index contributed by atoms with van der Waals surface area (Å²) in [5, 5.41) is 3.77. The molecule has 0 N–H and O–H groups in total. The Balaban J connectivity index is 3.03. The van der Waals surface area contributed by atoms with Gasteiger partial charge >= 0.3 is 0 Å². The SMILES string of the molecule is CC[N]C(=O)CCCCCOC. The van der Waals surface area contributed by atoms with Crippen molar-refractivity contribution in [1.82, 2.24) is 5.32 Å². The van der Waals surface area contributed by atoms with Gasteiger partial charge in [0.25, 0.3) is 0 Å². The van der Waals surface area contributed by atoms with Crippen LogP contribution in [0.3, 0.4) is 0 Å². The Morgan fingerprint density at radius 2 is 2.08 bits per heavy atom. The molecule has 0 heterocycles. The standard InChI is InChI=1S/C9H18NO2/c1-3-10-9(11)7-5-4-6-8-12-2/h3-8H2,1-2H3. The van der Waals surface area contributed by atoms with E-state index in [9.17, 15) is 4.79 Å². The Labute approximate surface area is 74.5 Å². The van der Waals surface area contributed by atoms with Crippen molar-refractivity contribution in [3.05, 3.63) is 0 Å². The summed E-state index contributed by atoms with van der Waals surface area (Å²) >= 11 is 0. The van der Waals surface area contributed by atoms with Crippen LogP contribution in [0.4, 0.5) is 0 Å². The van der Waals surface area contributed by atoms with E-state index in [0.717, 1.165) is 25.9 Å². The average molecular weight is 172 g/mol. The van der Waals surface area contributed by atoms with E-state index in [-0.39, 0.29) is 5.91 Å². The van der Waals surface area contributed by atoms with E-state index >= 15 is 0 Å². The second kappa shape index (κ2) is 8.53. The molecule has 0 aromatic heterocycles. The minimum absolute atomic E-state index is 0.0370. The van der Waals surface area contributed by atoms with Gasteiger partial charge in [0.05, 0.1) is 0 Å². The van der Waals surface area contributed by atoms with E-state index in [4.69, 9.17) is 4.74 Å². The van der Waals surface area contributed by atoms with Crippen molar-refractivity contribution in [3.8, 4) is 0 Å². The van der Waals surface area contributed by atoms with E-state index in [2.05, 4.69) is 5.32 Å². The van der Waals surface area contributed by atoms with Gasteiger partial charge in [-0.15, -0.1) is 0 Å². The first kappa shape index (κ1) is 11.4. The second-order valence-electron chi connectivity index (χ2n) is 2.67. The van der Waals surface area contributed by atoms with Crippen molar-refractivity contribution < 1.29 is 9.53 Å². The average Bonchev–Trinajstić information content (AvgIpc) is 2.05. The summed E-state index contributed by atoms with van der Waals surface area (Å²) in [6.45, 7) is 3.28. The highest BCUT2D eigenvalue weighted by atomic mass is 16.5. The van der Waals surface area contributed by atoms with Gasteiger partial charge in [0.1, 0.15) is 0 Å². The second-order valence-corrected chi connectivity index (χ2v) is 2.67. The van der Waals surface area contributed by atoms with Crippen molar-refractivity contribution >= 4 is 5.91 Å². The Morgan fingerprint density at radius 3 is 2.67 bits per heavy atom. The molecule has 0 aliphatic heterocycles. The van der Waals surface area contributed by atoms with E-state index in [1.165, 1.54) is 0 Å². The van der Waals surface area contributed by atoms with Gasteiger partial charge in [0.2, 0.25) is 5.91 Å². The van der Waals surface area contributed by atoms with Crippen molar-refractivity contribution in [2.45, 2.75) is 32.6 Å². The van der Waals surface area contributed by atoms with Crippen LogP contribution in [0.15, 0.2) is 0 Å². The van der Waals surface area contributed by atoms with E-state index in [1.807, 2.05) is 6.92 Å². The first-order valence-electron chi connectivity index (χ1n) is 4.50. The number of carbonyl (C=O) groups is 1. The number of hydrogen-bond acceptors (Lipinski definition) is 2. The molecule has 0 fully saturated rings. The van der Waals surface area contributed by atoms with Gasteiger partial charge in [-0.2, -0.15) is 0 Å². The van der Waals surface area contributed by atoms with Gasteiger partial charge < -0.3 is 4.74 Å². The molecule has 3 heteroatoms. The molecule has 0 spiro atoms. The molecule has 0 aliphatic carbocycles. The first-order chi connectivity index (χ1) is 5.81. The van der Waals surface area contributed by atoms with Crippen LogP contribution in [0.25, 0.3) is 0 Å². The van der Waals surface area contributed by atoms with Crippen molar-refractivity contribution in [1.29, 1.82) is 0 Å². The molecule has 71 valence electrons. The fourth-order valence-corrected chi connectivity index (χ4v) is 0.955. The van der Waals surface area contributed by atoms with Gasteiger partial charge in [-0.1, -0.05) is 6.42 Å². The zero-order valence-electron chi connectivity index (χ0n) is 8.01. The largest absolute Gasteiger partial charge is 0.385 e. The molecule has 0 aliphatic rings. The lowest BCUT2D eigenvalue weighted by molar-refractivity contribution is -0.121. The fraction of sp³-hybridized carbons (Fsp3) is 0.889. The summed E-state index contributed by atoms with van der Waals surface area (Å²) in [6, 6.07) is 0. The fourth-order valence-electron chi connectivity index (χ4n) is 0.955. The van der Waals surface area contributed by atoms with Gasteiger partial charge in [0.15, 0.2) is 0 Å². The number of ether oxygens (including phenoxy) is 1. The molecular formula is C9H18NO2. The van der Waals surface area contributed by atoms with Gasteiger partial charge in [-0.05, 0) is 19.8 Å². The maximum atomic E-state index is 10.9. The quantitative estimate of drug-likeness (QED) is 0.544. The predicted octanol–water partition coefficient (Wildman–Crippen LogP) is 1.34. The lowest BCUT2D eigenvalue weighted by Gasteiger charge is -1.99. The zero-order valence-corrected chi connectivity index (χ0v) is 8.01. The molecule has 1 amide bonds. The van der Waals surface area contributed by atoms with Crippen molar-refractivity contribution in [2.24, 2.45) is 0 Å². The highest BCUT2D eigenvalue weighted by Gasteiger charge is 1.99. The van der Waals surface area contributed by atoms with Crippen LogP contribution < -0.4 is 5.32 Å². The molecule has 0 rings (SSSR count). The monoisotopic (exact) mass is 172 g/mol. The van der Waals surface area contributed by atoms with Gasteiger partial charge in [-0.3, -0.25) is 10.1 Å². The van der Waals surface area contributed by atoms with Crippen LogP contribution in [0, 0.1) is 0 Å². The number of hydrogen-bond donors (Lipinski definition) is 0. The van der Waals surface area contributed by atoms with E-state index < -0.39 is 0 Å². The number of rotatable bonds is 7. The van der Waals surface area contributed by atoms with Crippen LogP contribution in [-0.4, -0.2) is 26.2 Å². The molecule has 12 heavy (non-hydrogen) atoms. The third-order valence-corrected chi connectivity index (χ3v) is 1.57. The minimum Gasteiger partial charge on any atom is -0.385 e. The zero-order chi connectivity index (χ0) is 9.23. The summed E-state index contributed by atoms with van der Waals surface area (Å²) in [7, 11) is 1.69. The van der Waals surface area contributed by atoms with Crippen LogP contribution >= 0.6 is 0 Å². The molecule has 0 saturated heterocycles. The third kappa shape index (κ3) is 7.54. The predicted molar refractivity (Wildman–Crippen MR) is 48.0 cm³/mol. The van der Waals surface area contributed by atoms with Crippen molar-refractivity contribution in [2.75, 3.05) is 20.3 Å². The molecule has 0 unspecified atom stereocenters. The maximum Gasteiger partial charge on any atom is 0.241 e. The Kier molecular flexibility index (Phi) is 8.12. The van der Waals surface area contributed by atoms with Crippen LogP contribution in [-0.2, 0) is 9.53 Å². The third-order valence-electron chi connectivity index (χ3n) is 1.57. The summed E-state index contributed by atoms with van der Waals surface area (Å²) in [4.78, 5) is 10.9. The molecule has 0 aromatic carbocycles. The normalized spacial score (nSPS) is 9.83. The summed E-state index contributed by atoms with van der Waals surface area (Å²) in [6.07, 6.45) is 3.62. The lowest BCUT2D eigenvalue weighted by atomic mass is 10.2. The van der Waals surface area contributed by atoms with Gasteiger partial charge in [0, 0.05) is 26.7 Å². The van der Waals surface area contributed by atoms with Crippen molar-refractivity contribution in [3.63, 3.8) is 0 Å². The number of methoxy groups -OCH3 is 1. The molecule has 0 saturated carbocycles. The molecule has 0 bridgehead atoms. The Morgan fingerprint density at radius 1 is 1.33 bits per heavy atom. The lowest BCUT2D eigenvalue weighted by Crippen LogP contribution is -2.14. The van der Waals surface area contributed by atoms with E-state index in [1.54, 1.807) is 7.11 Å². The number of carbonyl (C=O) groups excluding carboxylic acids is 1. The molecule has 0 atom stereocenters. The highest BCUT2D eigenvalue weighted by Crippen LogP contribution is 1.99.